The first-order valence-corrected chi connectivity index (χ1v) is 14.4. The fourth-order valence-corrected chi connectivity index (χ4v) is 9.09. The van der Waals surface area contributed by atoms with Gasteiger partial charge in [0.15, 0.2) is 23.3 Å². The van der Waals surface area contributed by atoms with Crippen molar-refractivity contribution in [2.45, 2.75) is 111 Å². The standard InChI is InChI=1S/C31H44O6/c1-17-15-30-18(2)13-21-22(27(21,3)4)20(23(30)32)14-19-16-35-28(5,6)37-25(19)31(30,34)24(17)36-26(33)29(7)11-9-8-10-12-29/h14-15,18,20-22,24-25,34H,8-13,16H2,1-7H3/t18-,20+,21-,22+,24+,25-,30+,31-/m1/s1. The number of carbonyl (C=O) groups is 2. The molecule has 5 aliphatic carbocycles. The third-order valence-corrected chi connectivity index (χ3v) is 11.3. The van der Waals surface area contributed by atoms with Crippen LogP contribution in [0.1, 0.15) is 87.0 Å². The van der Waals surface area contributed by atoms with Gasteiger partial charge in [0.25, 0.3) is 0 Å². The molecule has 8 atom stereocenters. The molecule has 1 heterocycles. The summed E-state index contributed by atoms with van der Waals surface area (Å²) < 4.78 is 18.9. The number of ether oxygens (including phenoxy) is 3. The van der Waals surface area contributed by atoms with Gasteiger partial charge in [-0.05, 0) is 81.3 Å². The van der Waals surface area contributed by atoms with Gasteiger partial charge in [-0.25, -0.2) is 0 Å². The summed E-state index contributed by atoms with van der Waals surface area (Å²) in [5.41, 5.74) is -1.89. The lowest BCUT2D eigenvalue weighted by Gasteiger charge is -2.53. The summed E-state index contributed by atoms with van der Waals surface area (Å²) in [6.45, 7) is 14.5. The van der Waals surface area contributed by atoms with E-state index in [2.05, 4.69) is 26.8 Å². The monoisotopic (exact) mass is 512 g/mol. The molecule has 0 amide bonds. The maximum atomic E-state index is 14.8. The highest BCUT2D eigenvalue weighted by molar-refractivity contribution is 5.95. The number of ketones is 1. The fourth-order valence-electron chi connectivity index (χ4n) is 9.09. The number of carbonyl (C=O) groups excluding carboxylic acids is 2. The maximum absolute atomic E-state index is 14.8. The zero-order chi connectivity index (χ0) is 26.8. The average molecular weight is 513 g/mol. The predicted molar refractivity (Wildman–Crippen MR) is 138 cm³/mol. The largest absolute Gasteiger partial charge is 0.454 e. The van der Waals surface area contributed by atoms with Crippen molar-refractivity contribution < 1.29 is 28.9 Å². The lowest BCUT2D eigenvalue weighted by atomic mass is 9.58. The first-order valence-electron chi connectivity index (χ1n) is 14.4. The number of aliphatic hydroxyl groups is 1. The van der Waals surface area contributed by atoms with Crippen LogP contribution in [0.3, 0.4) is 0 Å². The third-order valence-electron chi connectivity index (χ3n) is 11.3. The summed E-state index contributed by atoms with van der Waals surface area (Å²) in [6.07, 6.45) is 7.80. The van der Waals surface area contributed by atoms with E-state index in [4.69, 9.17) is 14.2 Å². The van der Waals surface area contributed by atoms with Crippen molar-refractivity contribution in [3.8, 4) is 0 Å². The van der Waals surface area contributed by atoms with Crippen molar-refractivity contribution in [2.24, 2.45) is 39.9 Å². The summed E-state index contributed by atoms with van der Waals surface area (Å²) in [6, 6.07) is 0. The predicted octanol–water partition coefficient (Wildman–Crippen LogP) is 5.13. The van der Waals surface area contributed by atoms with Gasteiger partial charge >= 0.3 is 5.97 Å². The first-order chi connectivity index (χ1) is 17.2. The highest BCUT2D eigenvalue weighted by Gasteiger charge is 2.77. The van der Waals surface area contributed by atoms with Gasteiger partial charge in [-0.3, -0.25) is 9.59 Å². The van der Waals surface area contributed by atoms with Crippen molar-refractivity contribution in [3.05, 3.63) is 23.3 Å². The molecule has 1 spiro atoms. The van der Waals surface area contributed by atoms with Gasteiger partial charge in [-0.15, -0.1) is 0 Å². The van der Waals surface area contributed by atoms with Crippen molar-refractivity contribution in [1.29, 1.82) is 0 Å². The molecule has 6 aliphatic rings. The zero-order valence-electron chi connectivity index (χ0n) is 23.6. The number of allylic oxidation sites excluding steroid dienone is 1. The topological polar surface area (TPSA) is 82.1 Å². The second kappa shape index (κ2) is 7.79. The van der Waals surface area contributed by atoms with E-state index in [0.717, 1.165) is 49.7 Å². The molecule has 6 rings (SSSR count). The minimum absolute atomic E-state index is 0.0469. The van der Waals surface area contributed by atoms with Crippen LogP contribution < -0.4 is 0 Å². The van der Waals surface area contributed by atoms with E-state index in [0.29, 0.717) is 5.92 Å². The first kappa shape index (κ1) is 25.8. The fraction of sp³-hybridized carbons (Fsp3) is 0.806. The minimum atomic E-state index is -1.74. The highest BCUT2D eigenvalue weighted by Crippen LogP contribution is 2.72. The Morgan fingerprint density at radius 1 is 1.11 bits per heavy atom. The number of Topliss-reactive ketones (excluding diaryl/α,β-unsaturated/α-hetero) is 1. The number of hydrogen-bond acceptors (Lipinski definition) is 6. The van der Waals surface area contributed by atoms with Gasteiger partial charge < -0.3 is 19.3 Å². The van der Waals surface area contributed by atoms with Crippen molar-refractivity contribution in [2.75, 3.05) is 6.61 Å². The number of hydrogen-bond donors (Lipinski definition) is 1. The molecule has 1 saturated heterocycles. The molecule has 1 aliphatic heterocycles. The van der Waals surface area contributed by atoms with Crippen LogP contribution in [0.25, 0.3) is 0 Å². The molecule has 3 saturated carbocycles. The molecule has 37 heavy (non-hydrogen) atoms. The lowest BCUT2D eigenvalue weighted by Crippen LogP contribution is -2.68. The van der Waals surface area contributed by atoms with Crippen LogP contribution in [0.4, 0.5) is 0 Å². The molecule has 6 nitrogen and oxygen atoms in total. The van der Waals surface area contributed by atoms with Gasteiger partial charge in [-0.1, -0.05) is 52.2 Å². The van der Waals surface area contributed by atoms with Gasteiger partial charge in [0.1, 0.15) is 6.10 Å². The normalized spacial score (nSPS) is 46.8. The summed E-state index contributed by atoms with van der Waals surface area (Å²) in [5.74, 6) is -0.983. The zero-order valence-corrected chi connectivity index (χ0v) is 23.6. The summed E-state index contributed by atoms with van der Waals surface area (Å²) in [7, 11) is 0. The van der Waals surface area contributed by atoms with Gasteiger partial charge in [0.05, 0.1) is 17.4 Å². The third kappa shape index (κ3) is 3.27. The molecule has 2 bridgehead atoms. The Morgan fingerprint density at radius 3 is 2.46 bits per heavy atom. The Kier molecular flexibility index (Phi) is 5.42. The SMILES string of the molecule is CC1=C[C@]23C(=O)[C@@H](C=C4COC(C)(C)O[C@H]4[C@]2(O)[C@H]1OC(=O)C1(C)CCCCC1)[C@H]1[C@@H](C[C@H]3C)C1(C)C. The molecular weight excluding hydrogens is 468 g/mol. The second-order valence-corrected chi connectivity index (χ2v) is 14.4. The van der Waals surface area contributed by atoms with Gasteiger partial charge in [0.2, 0.25) is 0 Å². The molecule has 1 N–H and O–H groups in total. The molecular formula is C31H44O6. The van der Waals surface area contributed by atoms with Gasteiger partial charge in [0, 0.05) is 5.92 Å². The Labute approximate surface area is 221 Å². The Balaban J connectivity index is 1.50. The Morgan fingerprint density at radius 2 is 1.78 bits per heavy atom. The molecule has 0 aromatic carbocycles. The van der Waals surface area contributed by atoms with Crippen LogP contribution in [-0.2, 0) is 23.8 Å². The quantitative estimate of drug-likeness (QED) is 0.408. The van der Waals surface area contributed by atoms with Crippen molar-refractivity contribution >= 4 is 11.8 Å². The van der Waals surface area contributed by atoms with Crippen molar-refractivity contribution in [3.63, 3.8) is 0 Å². The summed E-state index contributed by atoms with van der Waals surface area (Å²) in [4.78, 5) is 28.5. The molecule has 0 aromatic rings. The van der Waals surface area contributed by atoms with E-state index in [-0.39, 0.29) is 41.5 Å². The Bertz CT molecular complexity index is 1090. The van der Waals surface area contributed by atoms with E-state index >= 15 is 0 Å². The lowest BCUT2D eigenvalue weighted by molar-refractivity contribution is -0.304. The van der Waals surface area contributed by atoms with Crippen LogP contribution in [0, 0.1) is 39.9 Å². The molecule has 0 radical (unpaired) electrons. The number of esters is 1. The molecule has 0 aromatic heterocycles. The van der Waals surface area contributed by atoms with E-state index in [1.54, 1.807) is 0 Å². The smallest absolute Gasteiger partial charge is 0.312 e. The number of fused-ring (bicyclic) bond motifs is 5. The summed E-state index contributed by atoms with van der Waals surface area (Å²) >= 11 is 0. The summed E-state index contributed by atoms with van der Waals surface area (Å²) in [5, 5.41) is 13.1. The second-order valence-electron chi connectivity index (χ2n) is 14.4. The van der Waals surface area contributed by atoms with Crippen molar-refractivity contribution in [1.82, 2.24) is 0 Å². The Hall–Kier alpha value is -1.50. The van der Waals surface area contributed by atoms with E-state index < -0.39 is 34.4 Å². The minimum Gasteiger partial charge on any atom is -0.454 e. The van der Waals surface area contributed by atoms with Crippen LogP contribution in [-0.4, -0.2) is 47.1 Å². The van der Waals surface area contributed by atoms with Crippen LogP contribution >= 0.6 is 0 Å². The number of rotatable bonds is 2. The molecule has 0 unspecified atom stereocenters. The van der Waals surface area contributed by atoms with Crippen LogP contribution in [0.5, 0.6) is 0 Å². The molecule has 204 valence electrons. The van der Waals surface area contributed by atoms with E-state index in [1.165, 1.54) is 0 Å². The average Bonchev–Trinajstić information content (AvgIpc) is 3.32. The van der Waals surface area contributed by atoms with Crippen LogP contribution in [0.2, 0.25) is 0 Å². The van der Waals surface area contributed by atoms with E-state index in [9.17, 15) is 14.7 Å². The van der Waals surface area contributed by atoms with Crippen LogP contribution in [0.15, 0.2) is 23.3 Å². The van der Waals surface area contributed by atoms with Gasteiger partial charge in [-0.2, -0.15) is 0 Å². The maximum Gasteiger partial charge on any atom is 0.312 e. The molecule has 4 fully saturated rings. The highest BCUT2D eigenvalue weighted by atomic mass is 16.7. The van der Waals surface area contributed by atoms with E-state index in [1.807, 2.05) is 33.8 Å². The molecule has 6 heteroatoms.